The molecule has 8 heteroatoms. The van der Waals surface area contributed by atoms with E-state index in [1.165, 1.54) is 23.1 Å². The second-order valence-corrected chi connectivity index (χ2v) is 4.99. The Morgan fingerprint density at radius 3 is 3.00 bits per heavy atom. The first-order chi connectivity index (χ1) is 10.2. The summed E-state index contributed by atoms with van der Waals surface area (Å²) in [5.41, 5.74) is 0.437. The monoisotopic (exact) mass is 293 g/mol. The summed E-state index contributed by atoms with van der Waals surface area (Å²) in [5, 5.41) is 13.3. The van der Waals surface area contributed by atoms with Crippen LogP contribution in [-0.2, 0) is 0 Å². The molecular weight excluding hydrogens is 280 g/mol. The maximum atomic E-state index is 13.9. The Morgan fingerprint density at radius 1 is 1.48 bits per heavy atom. The van der Waals surface area contributed by atoms with Gasteiger partial charge in [-0.3, -0.25) is 9.18 Å². The molecule has 21 heavy (non-hydrogen) atoms. The summed E-state index contributed by atoms with van der Waals surface area (Å²) in [7, 11) is 0. The van der Waals surface area contributed by atoms with Crippen molar-refractivity contribution in [2.24, 2.45) is 5.92 Å². The van der Waals surface area contributed by atoms with Gasteiger partial charge in [0.05, 0.1) is 12.2 Å². The van der Waals surface area contributed by atoms with E-state index >= 15 is 0 Å². The van der Waals surface area contributed by atoms with Crippen molar-refractivity contribution in [3.8, 4) is 11.4 Å². The number of rotatable bonds is 3. The highest BCUT2D eigenvalue weighted by molar-refractivity contribution is 5.95. The summed E-state index contributed by atoms with van der Waals surface area (Å²) in [5.74, 6) is -0.922. The van der Waals surface area contributed by atoms with Crippen molar-refractivity contribution in [3.05, 3.63) is 29.6 Å². The van der Waals surface area contributed by atoms with Crippen LogP contribution in [0.3, 0.4) is 0 Å². The summed E-state index contributed by atoms with van der Waals surface area (Å²) in [6.45, 7) is 0.301. The van der Waals surface area contributed by atoms with Crippen LogP contribution >= 0.6 is 0 Å². The fourth-order valence-electron chi connectivity index (χ4n) is 2.43. The van der Waals surface area contributed by atoms with Gasteiger partial charge in [-0.15, -0.1) is 10.2 Å². The lowest BCUT2D eigenvalue weighted by Gasteiger charge is -2.16. The number of carbonyl (C=O) groups excluding carboxylic acids is 1. The SMILES string of the molecule is O=C(c1cc(-c2nn[nH]n2)ccc1F)N1CCC(CF)C1. The molecule has 1 saturated heterocycles. The van der Waals surface area contributed by atoms with Crippen molar-refractivity contribution < 1.29 is 13.6 Å². The number of hydrogen-bond donors (Lipinski definition) is 1. The average Bonchev–Trinajstić information content (AvgIpc) is 3.18. The number of benzene rings is 1. The normalized spacial score (nSPS) is 18.2. The van der Waals surface area contributed by atoms with E-state index in [1.54, 1.807) is 0 Å². The number of nitrogens with zero attached hydrogens (tertiary/aromatic N) is 4. The molecule has 1 aromatic heterocycles. The first kappa shape index (κ1) is 13.6. The van der Waals surface area contributed by atoms with Crippen molar-refractivity contribution >= 4 is 5.91 Å². The number of H-pyrrole nitrogens is 1. The lowest BCUT2D eigenvalue weighted by molar-refractivity contribution is 0.0781. The van der Waals surface area contributed by atoms with Gasteiger partial charge in [-0.05, 0) is 29.8 Å². The molecule has 0 radical (unpaired) electrons. The average molecular weight is 293 g/mol. The highest BCUT2D eigenvalue weighted by Gasteiger charge is 2.28. The van der Waals surface area contributed by atoms with E-state index in [0.29, 0.717) is 25.1 Å². The first-order valence-electron chi connectivity index (χ1n) is 6.57. The summed E-state index contributed by atoms with van der Waals surface area (Å²) >= 11 is 0. The van der Waals surface area contributed by atoms with Crippen LogP contribution in [0, 0.1) is 11.7 Å². The van der Waals surface area contributed by atoms with E-state index in [0.717, 1.165) is 0 Å². The molecule has 0 aliphatic carbocycles. The number of hydrogen-bond acceptors (Lipinski definition) is 4. The van der Waals surface area contributed by atoms with Crippen LogP contribution in [0.15, 0.2) is 18.2 Å². The number of amides is 1. The van der Waals surface area contributed by atoms with Crippen LogP contribution in [0.4, 0.5) is 8.78 Å². The van der Waals surface area contributed by atoms with Gasteiger partial charge in [0.15, 0.2) is 0 Å². The molecule has 1 unspecified atom stereocenters. The van der Waals surface area contributed by atoms with Crippen LogP contribution in [0.5, 0.6) is 0 Å². The van der Waals surface area contributed by atoms with Gasteiger partial charge in [0.25, 0.3) is 5.91 Å². The molecule has 2 aromatic rings. The van der Waals surface area contributed by atoms with E-state index in [2.05, 4.69) is 20.6 Å². The molecule has 1 aromatic carbocycles. The fourth-order valence-corrected chi connectivity index (χ4v) is 2.43. The number of nitrogens with one attached hydrogen (secondary N) is 1. The maximum absolute atomic E-state index is 13.9. The molecule has 3 rings (SSSR count). The largest absolute Gasteiger partial charge is 0.338 e. The smallest absolute Gasteiger partial charge is 0.256 e. The third-order valence-electron chi connectivity index (χ3n) is 3.59. The van der Waals surface area contributed by atoms with Crippen LogP contribution in [-0.4, -0.2) is 51.2 Å². The lowest BCUT2D eigenvalue weighted by Crippen LogP contribution is -2.29. The molecule has 1 atom stereocenters. The standard InChI is InChI=1S/C13H13F2N5O/c14-6-8-3-4-20(7-8)13(21)10-5-9(1-2-11(10)15)12-16-18-19-17-12/h1-2,5,8H,3-4,6-7H2,(H,16,17,18,19). The summed E-state index contributed by atoms with van der Waals surface area (Å²) in [6.07, 6.45) is 0.606. The fraction of sp³-hybridized carbons (Fsp3) is 0.385. The molecule has 1 aliphatic heterocycles. The third-order valence-corrected chi connectivity index (χ3v) is 3.59. The maximum Gasteiger partial charge on any atom is 0.256 e. The highest BCUT2D eigenvalue weighted by Crippen LogP contribution is 2.23. The minimum Gasteiger partial charge on any atom is -0.338 e. The first-order valence-corrected chi connectivity index (χ1v) is 6.57. The molecule has 1 amide bonds. The van der Waals surface area contributed by atoms with Gasteiger partial charge in [0, 0.05) is 24.6 Å². The van der Waals surface area contributed by atoms with Crippen LogP contribution < -0.4 is 0 Å². The number of likely N-dealkylation sites (tertiary alicyclic amines) is 1. The van der Waals surface area contributed by atoms with E-state index in [9.17, 15) is 13.6 Å². The quantitative estimate of drug-likeness (QED) is 0.929. The minimum atomic E-state index is -0.615. The number of alkyl halides is 1. The molecular formula is C13H13F2N5O. The zero-order chi connectivity index (χ0) is 14.8. The highest BCUT2D eigenvalue weighted by atomic mass is 19.1. The Labute approximate surface area is 119 Å². The van der Waals surface area contributed by atoms with E-state index in [1.807, 2.05) is 0 Å². The predicted molar refractivity (Wildman–Crippen MR) is 69.6 cm³/mol. The molecule has 2 heterocycles. The molecule has 6 nitrogen and oxygen atoms in total. The van der Waals surface area contributed by atoms with Gasteiger partial charge in [0.1, 0.15) is 5.82 Å². The molecule has 110 valence electrons. The predicted octanol–water partition coefficient (Wildman–Crippen LogP) is 1.44. The van der Waals surface area contributed by atoms with Crippen molar-refractivity contribution in [1.29, 1.82) is 0 Å². The van der Waals surface area contributed by atoms with Crippen LogP contribution in [0.2, 0.25) is 0 Å². The van der Waals surface area contributed by atoms with Crippen molar-refractivity contribution in [3.63, 3.8) is 0 Å². The molecule has 1 N–H and O–H groups in total. The topological polar surface area (TPSA) is 74.8 Å². The Bertz CT molecular complexity index is 646. The van der Waals surface area contributed by atoms with Gasteiger partial charge in [0.2, 0.25) is 5.82 Å². The lowest BCUT2D eigenvalue weighted by atomic mass is 10.1. The molecule has 1 aliphatic rings. The second kappa shape index (κ2) is 5.55. The number of aromatic nitrogens is 4. The molecule has 1 fully saturated rings. The number of carbonyl (C=O) groups is 1. The summed E-state index contributed by atoms with van der Waals surface area (Å²) in [6, 6.07) is 4.07. The summed E-state index contributed by atoms with van der Waals surface area (Å²) in [4.78, 5) is 13.8. The number of tetrazole rings is 1. The Morgan fingerprint density at radius 2 is 2.33 bits per heavy atom. The molecule has 0 bridgehead atoms. The zero-order valence-electron chi connectivity index (χ0n) is 11.1. The van der Waals surface area contributed by atoms with Crippen LogP contribution in [0.25, 0.3) is 11.4 Å². The van der Waals surface area contributed by atoms with Gasteiger partial charge < -0.3 is 4.90 Å². The Kier molecular flexibility index (Phi) is 3.59. The van der Waals surface area contributed by atoms with Crippen molar-refractivity contribution in [1.82, 2.24) is 25.5 Å². The van der Waals surface area contributed by atoms with E-state index in [4.69, 9.17) is 0 Å². The summed E-state index contributed by atoms with van der Waals surface area (Å²) < 4.78 is 26.5. The second-order valence-electron chi connectivity index (χ2n) is 4.99. The zero-order valence-corrected chi connectivity index (χ0v) is 11.1. The number of aromatic amines is 1. The minimum absolute atomic E-state index is 0.0585. The molecule has 0 spiro atoms. The van der Waals surface area contributed by atoms with Gasteiger partial charge >= 0.3 is 0 Å². The van der Waals surface area contributed by atoms with Gasteiger partial charge in [-0.25, -0.2) is 4.39 Å². The van der Waals surface area contributed by atoms with Crippen molar-refractivity contribution in [2.75, 3.05) is 19.8 Å². The van der Waals surface area contributed by atoms with E-state index in [-0.39, 0.29) is 17.3 Å². The Balaban J connectivity index is 1.87. The van der Waals surface area contributed by atoms with Crippen molar-refractivity contribution in [2.45, 2.75) is 6.42 Å². The van der Waals surface area contributed by atoms with E-state index < -0.39 is 18.4 Å². The number of halogens is 2. The van der Waals surface area contributed by atoms with Gasteiger partial charge in [-0.1, -0.05) is 0 Å². The Hall–Kier alpha value is -2.38. The van der Waals surface area contributed by atoms with Crippen LogP contribution in [0.1, 0.15) is 16.8 Å². The third kappa shape index (κ3) is 2.61. The van der Waals surface area contributed by atoms with Gasteiger partial charge in [-0.2, -0.15) is 5.21 Å². The molecule has 0 saturated carbocycles.